The fraction of sp³-hybridized carbons (Fsp3) is 0.706. The number of unbranched alkanes of at least 4 members (excludes halogenated alkanes) is 15. The van der Waals surface area contributed by atoms with Crippen LogP contribution in [0.15, 0.2) is 72.9 Å². The second-order valence-electron chi connectivity index (χ2n) is 16.6. The van der Waals surface area contributed by atoms with Crippen molar-refractivity contribution in [2.45, 2.75) is 193 Å². The lowest BCUT2D eigenvalue weighted by Gasteiger charge is -2.31. The Bertz CT molecular complexity index is 1190. The lowest BCUT2D eigenvalue weighted by molar-refractivity contribution is -0.887. The lowest BCUT2D eigenvalue weighted by Crippen LogP contribution is -2.50. The number of carbonyl (C=O) groups is 3. The fourth-order valence-electron chi connectivity index (χ4n) is 6.46. The maximum atomic E-state index is 12.7. The number of hydrogen-bond acceptors (Lipinski definition) is 6. The van der Waals surface area contributed by atoms with Gasteiger partial charge in [0, 0.05) is 19.3 Å². The van der Waals surface area contributed by atoms with Crippen LogP contribution in [0.2, 0.25) is 0 Å². The van der Waals surface area contributed by atoms with E-state index >= 15 is 0 Å². The van der Waals surface area contributed by atoms with Crippen molar-refractivity contribution in [1.82, 2.24) is 0 Å². The van der Waals surface area contributed by atoms with Crippen LogP contribution in [-0.4, -0.2) is 80.6 Å². The topological polar surface area (TPSA) is 99.1 Å². The smallest absolute Gasteiger partial charge is 0.362 e. The number of allylic oxidation sites excluding steroid dienone is 12. The van der Waals surface area contributed by atoms with E-state index in [1.165, 1.54) is 51.4 Å². The summed E-state index contributed by atoms with van der Waals surface area (Å²) in [7, 11) is 5.51. The van der Waals surface area contributed by atoms with Gasteiger partial charge >= 0.3 is 17.9 Å². The van der Waals surface area contributed by atoms with Crippen molar-refractivity contribution in [1.29, 1.82) is 0 Å². The van der Waals surface area contributed by atoms with Gasteiger partial charge < -0.3 is 23.8 Å². The van der Waals surface area contributed by atoms with E-state index < -0.39 is 18.1 Å². The summed E-state index contributed by atoms with van der Waals surface area (Å²) in [6, 6.07) is -0.622. The van der Waals surface area contributed by atoms with Crippen LogP contribution in [-0.2, 0) is 28.6 Å². The normalized spacial score (nSPS) is 13.6. The van der Waals surface area contributed by atoms with E-state index in [9.17, 15) is 19.5 Å². The highest BCUT2D eigenvalue weighted by Gasteiger charge is 2.31. The summed E-state index contributed by atoms with van der Waals surface area (Å²) in [6.45, 7) is 4.57. The highest BCUT2D eigenvalue weighted by molar-refractivity contribution is 5.72. The summed E-state index contributed by atoms with van der Waals surface area (Å²) >= 11 is 0. The molecule has 0 heterocycles. The molecule has 2 atom stereocenters. The Morgan fingerprint density at radius 3 is 1.41 bits per heavy atom. The average Bonchev–Trinajstić information content (AvgIpc) is 3.19. The highest BCUT2D eigenvalue weighted by atomic mass is 16.6. The van der Waals surface area contributed by atoms with Gasteiger partial charge in [-0.2, -0.15) is 0 Å². The fourth-order valence-corrected chi connectivity index (χ4v) is 6.46. The SMILES string of the molecule is CC/C=C/C/C=C/CCCCCCCCCC(=O)OC(COCCC(C(=O)O)[N+](C)(C)C)COC(=O)CCCCCCC/C=C/C/C=C/C/C=C/C/C=C/CCCCC. The number of carboxylic acid groups (broad SMARTS) is 1. The van der Waals surface area contributed by atoms with Crippen LogP contribution in [0.5, 0.6) is 0 Å². The number of quaternary nitrogens is 1. The summed E-state index contributed by atoms with van der Waals surface area (Å²) < 4.78 is 17.3. The van der Waals surface area contributed by atoms with Crippen LogP contribution in [0.1, 0.15) is 181 Å². The summed E-state index contributed by atoms with van der Waals surface area (Å²) in [5.41, 5.74) is 0. The van der Waals surface area contributed by atoms with Gasteiger partial charge in [-0.3, -0.25) is 9.59 Å². The summed E-state index contributed by atoms with van der Waals surface area (Å²) in [5, 5.41) is 9.63. The molecule has 0 aromatic heterocycles. The van der Waals surface area contributed by atoms with Gasteiger partial charge in [0.15, 0.2) is 12.1 Å². The number of carboxylic acids is 1. The number of nitrogens with zero attached hydrogens (tertiary/aromatic N) is 1. The minimum atomic E-state index is -0.882. The zero-order valence-corrected chi connectivity index (χ0v) is 38.4. The molecule has 0 aromatic carbocycles. The molecule has 0 aliphatic heterocycles. The number of rotatable bonds is 41. The second kappa shape index (κ2) is 41.5. The van der Waals surface area contributed by atoms with Crippen molar-refractivity contribution in [3.63, 3.8) is 0 Å². The average molecular weight is 827 g/mol. The molecule has 0 bridgehead atoms. The molecule has 2 unspecified atom stereocenters. The van der Waals surface area contributed by atoms with E-state index in [1.807, 2.05) is 21.1 Å². The molecule has 0 spiro atoms. The molecule has 0 fully saturated rings. The Kier molecular flexibility index (Phi) is 39.2. The molecule has 8 heteroatoms. The maximum absolute atomic E-state index is 12.7. The minimum absolute atomic E-state index is 0.0482. The van der Waals surface area contributed by atoms with E-state index in [0.29, 0.717) is 19.3 Å². The van der Waals surface area contributed by atoms with Crippen molar-refractivity contribution < 1.29 is 38.2 Å². The number of likely N-dealkylation sites (N-methyl/N-ethyl adjacent to an activating group) is 1. The molecule has 0 aromatic rings. The Labute approximate surface area is 361 Å². The van der Waals surface area contributed by atoms with Crippen LogP contribution in [0.25, 0.3) is 0 Å². The predicted octanol–water partition coefficient (Wildman–Crippen LogP) is 13.1. The van der Waals surface area contributed by atoms with Gasteiger partial charge in [0.1, 0.15) is 6.61 Å². The van der Waals surface area contributed by atoms with Crippen molar-refractivity contribution >= 4 is 17.9 Å². The molecule has 0 radical (unpaired) electrons. The highest BCUT2D eigenvalue weighted by Crippen LogP contribution is 2.13. The second-order valence-corrected chi connectivity index (χ2v) is 16.6. The third kappa shape index (κ3) is 40.0. The Balaban J connectivity index is 4.34. The van der Waals surface area contributed by atoms with E-state index in [0.717, 1.165) is 96.3 Å². The molecule has 0 saturated carbocycles. The van der Waals surface area contributed by atoms with Crippen LogP contribution in [0.4, 0.5) is 0 Å². The van der Waals surface area contributed by atoms with Crippen LogP contribution in [0.3, 0.4) is 0 Å². The maximum Gasteiger partial charge on any atom is 0.362 e. The van der Waals surface area contributed by atoms with Gasteiger partial charge in [0.2, 0.25) is 0 Å². The Morgan fingerprint density at radius 2 is 0.949 bits per heavy atom. The van der Waals surface area contributed by atoms with Crippen molar-refractivity contribution in [3.05, 3.63) is 72.9 Å². The molecule has 0 saturated heterocycles. The third-order valence-electron chi connectivity index (χ3n) is 10.1. The zero-order valence-electron chi connectivity index (χ0n) is 38.4. The molecule has 1 N–H and O–H groups in total. The first-order valence-electron chi connectivity index (χ1n) is 23.5. The number of carbonyl (C=O) groups excluding carboxylic acids is 2. The zero-order chi connectivity index (χ0) is 43.5. The van der Waals surface area contributed by atoms with E-state index in [2.05, 4.69) is 86.8 Å². The van der Waals surface area contributed by atoms with Gasteiger partial charge in [-0.15, -0.1) is 0 Å². The first-order chi connectivity index (χ1) is 28.6. The predicted molar refractivity (Wildman–Crippen MR) is 247 cm³/mol. The first-order valence-corrected chi connectivity index (χ1v) is 23.5. The lowest BCUT2D eigenvalue weighted by atomic mass is 10.1. The van der Waals surface area contributed by atoms with Crippen molar-refractivity contribution in [2.75, 3.05) is 41.0 Å². The van der Waals surface area contributed by atoms with Crippen LogP contribution in [0, 0.1) is 0 Å². The Hall–Kier alpha value is -3.23. The molecule has 338 valence electrons. The number of aliphatic carboxylic acids is 1. The van der Waals surface area contributed by atoms with Crippen LogP contribution >= 0.6 is 0 Å². The number of ether oxygens (including phenoxy) is 3. The largest absolute Gasteiger partial charge is 0.477 e. The summed E-state index contributed by atoms with van der Waals surface area (Å²) in [6.07, 6.45) is 52.3. The number of esters is 2. The molecule has 0 aliphatic rings. The van der Waals surface area contributed by atoms with E-state index in [-0.39, 0.29) is 36.2 Å². The molecule has 59 heavy (non-hydrogen) atoms. The Morgan fingerprint density at radius 1 is 0.525 bits per heavy atom. The van der Waals surface area contributed by atoms with Gasteiger partial charge in [0.25, 0.3) is 0 Å². The third-order valence-corrected chi connectivity index (χ3v) is 10.1. The molecule has 0 amide bonds. The molecular formula is C51H88NO7+. The van der Waals surface area contributed by atoms with Crippen molar-refractivity contribution in [2.24, 2.45) is 0 Å². The van der Waals surface area contributed by atoms with Crippen LogP contribution < -0.4 is 0 Å². The van der Waals surface area contributed by atoms with E-state index in [1.54, 1.807) is 0 Å². The molecule has 8 nitrogen and oxygen atoms in total. The molecular weight excluding hydrogens is 739 g/mol. The summed E-state index contributed by atoms with van der Waals surface area (Å²) in [5.74, 6) is -1.51. The van der Waals surface area contributed by atoms with Crippen molar-refractivity contribution in [3.8, 4) is 0 Å². The minimum Gasteiger partial charge on any atom is -0.477 e. The van der Waals surface area contributed by atoms with Gasteiger partial charge in [-0.25, -0.2) is 4.79 Å². The first kappa shape index (κ1) is 55.8. The quantitative estimate of drug-likeness (QED) is 0.0284. The molecule has 0 rings (SSSR count). The summed E-state index contributed by atoms with van der Waals surface area (Å²) in [4.78, 5) is 37.0. The van der Waals surface area contributed by atoms with Gasteiger partial charge in [-0.05, 0) is 83.5 Å². The number of hydrogen-bond donors (Lipinski definition) is 1. The monoisotopic (exact) mass is 827 g/mol. The standard InChI is InChI=1S/C51H87NO7/c1-6-8-10-12-14-16-18-20-22-23-24-25-26-27-28-30-31-33-35-37-39-41-49(53)58-46-47(45-57-44-43-48(51(55)56)52(3,4)5)59-50(54)42-40-38-36-34-32-29-21-19-17-15-13-11-9-7-2/h9,11,14-17,20,22,24-25,27-28,47-48H,6-8,10,12-13,18-19,21,23,26,29-46H2,1-5H3/p+1/b11-9+,16-14+,17-15+,22-20+,25-24+,28-27+. The molecule has 0 aliphatic carbocycles. The van der Waals surface area contributed by atoms with Gasteiger partial charge in [0.05, 0.1) is 34.4 Å². The van der Waals surface area contributed by atoms with E-state index in [4.69, 9.17) is 14.2 Å². The van der Waals surface area contributed by atoms with Gasteiger partial charge in [-0.1, -0.05) is 151 Å².